The van der Waals surface area contributed by atoms with E-state index >= 15 is 0 Å². The number of benzene rings is 8. The van der Waals surface area contributed by atoms with E-state index in [4.69, 9.17) is 9.47 Å². The van der Waals surface area contributed by atoms with Crippen LogP contribution in [0.2, 0.25) is 0 Å². The van der Waals surface area contributed by atoms with E-state index in [0.717, 1.165) is 80.1 Å². The lowest BCUT2D eigenvalue weighted by atomic mass is 9.98. The fraction of sp³-hybridized carbons (Fsp3) is 0.243. The molecule has 10 aromatic rings. The molecule has 0 radical (unpaired) electrons. The molecule has 6 amide bonds. The number of nitrogens with one attached hydrogen (secondary N) is 6. The van der Waals surface area contributed by atoms with Crippen LogP contribution in [0.3, 0.4) is 0 Å². The van der Waals surface area contributed by atoms with E-state index in [1.165, 1.54) is 40.3 Å². The minimum Gasteiger partial charge on any atom is -0.457 e. The predicted octanol–water partition coefficient (Wildman–Crippen LogP) is 14.0. The highest BCUT2D eigenvalue weighted by atomic mass is 16.5. The first-order valence-corrected chi connectivity index (χ1v) is 31.4. The molecule has 0 spiro atoms. The van der Waals surface area contributed by atoms with Gasteiger partial charge in [0.25, 0.3) is 11.8 Å². The quantitative estimate of drug-likeness (QED) is 0.0380. The molecular weight excluding hydrogens is 1170 g/mol. The second kappa shape index (κ2) is 29.8. The highest BCUT2D eigenvalue weighted by Crippen LogP contribution is 2.33. The van der Waals surface area contributed by atoms with Gasteiger partial charge in [-0.25, -0.2) is 19.6 Å². The van der Waals surface area contributed by atoms with E-state index in [1.54, 1.807) is 86.7 Å². The Labute approximate surface area is 542 Å². The number of hydrogen-bond donors (Lipinski definition) is 7. The maximum Gasteiger partial charge on any atom is 0.333 e. The summed E-state index contributed by atoms with van der Waals surface area (Å²) < 4.78 is 16.5. The summed E-state index contributed by atoms with van der Waals surface area (Å²) in [6, 6.07) is 56.9. The average molecular weight is 1250 g/mol. The lowest BCUT2D eigenvalue weighted by Crippen LogP contribution is -2.39. The Bertz CT molecular complexity index is 4240. The maximum absolute atomic E-state index is 13.2. The number of aryl methyl sites for hydroxylation is 2. The van der Waals surface area contributed by atoms with E-state index in [2.05, 4.69) is 106 Å². The number of urea groups is 2. The average Bonchev–Trinajstić information content (AvgIpc) is 1.69. The van der Waals surface area contributed by atoms with Crippen molar-refractivity contribution in [1.29, 1.82) is 0 Å². The normalized spacial score (nSPS) is 14.1. The molecule has 4 heterocycles. The monoisotopic (exact) mass is 1250 g/mol. The van der Waals surface area contributed by atoms with E-state index in [1.807, 2.05) is 105 Å². The first-order chi connectivity index (χ1) is 45.1. The van der Waals surface area contributed by atoms with Gasteiger partial charge in [0, 0.05) is 123 Å². The molecule has 0 bridgehead atoms. The van der Waals surface area contributed by atoms with Crippen molar-refractivity contribution in [2.45, 2.75) is 52.6 Å². The summed E-state index contributed by atoms with van der Waals surface area (Å²) in [6.07, 6.45) is 9.17. The minimum atomic E-state index is -0.330. The number of amides is 6. The Hall–Kier alpha value is -10.3. The molecule has 1 atom stereocenters. The molecule has 12 rings (SSSR count). The zero-order valence-corrected chi connectivity index (χ0v) is 53.4. The molecular formula is C74H80N12O7. The molecule has 2 fully saturated rings. The molecule has 1 unspecified atom stereocenters. The van der Waals surface area contributed by atoms with Gasteiger partial charge in [0.05, 0.1) is 11.0 Å². The Morgan fingerprint density at radius 1 is 0.484 bits per heavy atom. The highest BCUT2D eigenvalue weighted by Gasteiger charge is 2.22. The van der Waals surface area contributed by atoms with Crippen molar-refractivity contribution in [2.75, 3.05) is 82.2 Å². The molecule has 19 heteroatoms. The molecule has 93 heavy (non-hydrogen) atoms. The summed E-state index contributed by atoms with van der Waals surface area (Å²) in [5, 5.41) is 26.8. The number of likely N-dealkylation sites (tertiary alicyclic amines) is 2. The van der Waals surface area contributed by atoms with Gasteiger partial charge in [-0.2, -0.15) is 0 Å². The first kappa shape index (κ1) is 64.3. The summed E-state index contributed by atoms with van der Waals surface area (Å²) in [7, 11) is 6.95. The van der Waals surface area contributed by atoms with Crippen molar-refractivity contribution in [3.8, 4) is 34.4 Å². The van der Waals surface area contributed by atoms with Crippen LogP contribution in [0, 0.1) is 19.8 Å². The molecule has 478 valence electrons. The second-order valence-corrected chi connectivity index (χ2v) is 24.1. The second-order valence-electron chi connectivity index (χ2n) is 24.1. The Morgan fingerprint density at radius 3 is 1.31 bits per heavy atom. The number of hydrogen-bond acceptors (Lipinski definition) is 11. The van der Waals surface area contributed by atoms with Crippen LogP contribution in [-0.4, -0.2) is 119 Å². The largest absolute Gasteiger partial charge is 0.457 e. The van der Waals surface area contributed by atoms with Gasteiger partial charge in [-0.05, 0) is 233 Å². The number of aromatic nitrogens is 2. The van der Waals surface area contributed by atoms with Crippen molar-refractivity contribution < 1.29 is 33.8 Å². The van der Waals surface area contributed by atoms with Crippen LogP contribution >= 0.6 is 0 Å². The lowest BCUT2D eigenvalue weighted by Gasteiger charge is -2.31. The predicted molar refractivity (Wildman–Crippen MR) is 369 cm³/mol. The third-order valence-corrected chi connectivity index (χ3v) is 16.4. The van der Waals surface area contributed by atoms with Crippen molar-refractivity contribution in [3.63, 3.8) is 0 Å². The molecule has 2 saturated heterocycles. The van der Waals surface area contributed by atoms with Crippen molar-refractivity contribution >= 4 is 68.4 Å². The van der Waals surface area contributed by atoms with Crippen molar-refractivity contribution in [2.24, 2.45) is 5.92 Å². The van der Waals surface area contributed by atoms with Gasteiger partial charge >= 0.3 is 12.1 Å². The molecule has 2 aromatic heterocycles. The van der Waals surface area contributed by atoms with Gasteiger partial charge in [0.15, 0.2) is 0 Å². The third kappa shape index (κ3) is 16.6. The fourth-order valence-corrected chi connectivity index (χ4v) is 11.9. The molecule has 0 aliphatic carbocycles. The maximum atomic E-state index is 13.2. The Morgan fingerprint density at radius 2 is 0.892 bits per heavy atom. The molecule has 2 aliphatic rings. The van der Waals surface area contributed by atoms with Gasteiger partial charge in [0.1, 0.15) is 23.0 Å². The van der Waals surface area contributed by atoms with Crippen LogP contribution in [0.15, 0.2) is 194 Å². The number of piperidine rings is 1. The number of anilines is 4. The van der Waals surface area contributed by atoms with Crippen molar-refractivity contribution in [1.82, 2.24) is 39.8 Å². The lowest BCUT2D eigenvalue weighted by molar-refractivity contribution is 0.101. The Balaban J connectivity index is 0.000000191. The summed E-state index contributed by atoms with van der Waals surface area (Å²) in [5.74, 6) is 2.56. The number of aliphatic hydroxyl groups is 1. The van der Waals surface area contributed by atoms with Gasteiger partial charge in [0.2, 0.25) is 0 Å². The summed E-state index contributed by atoms with van der Waals surface area (Å²) in [6.45, 7) is 10.2. The molecule has 7 N–H and O–H groups in total. The zero-order valence-electron chi connectivity index (χ0n) is 53.4. The highest BCUT2D eigenvalue weighted by molar-refractivity contribution is 6.05. The van der Waals surface area contributed by atoms with Gasteiger partial charge in [-0.15, -0.1) is 0 Å². The van der Waals surface area contributed by atoms with Crippen LogP contribution in [-0.2, 0) is 13.1 Å². The number of aliphatic hydroxyl groups excluding tert-OH is 1. The van der Waals surface area contributed by atoms with Crippen LogP contribution in [0.1, 0.15) is 68.7 Å². The molecule has 2 aliphatic heterocycles. The fourth-order valence-electron chi connectivity index (χ4n) is 11.9. The zero-order chi connectivity index (χ0) is 65.0. The van der Waals surface area contributed by atoms with Crippen LogP contribution < -0.4 is 41.6 Å². The van der Waals surface area contributed by atoms with Crippen LogP contribution in [0.5, 0.6) is 23.0 Å². The molecule has 19 nitrogen and oxygen atoms in total. The number of para-hydroxylation sites is 2. The standard InChI is InChI=1S/C38H42N6O4.C36H38N6O3/c1-26-21-31(14-19-36(26)48-33-17-12-30(13-18-33)40-38(47)41-42(2)3)39-37(46)28-10-15-32(16-11-28)44-24-29(34-8-4-5-9-35(34)44)23-43-20-6-7-27(22-43)25-45;1-25-22-29(14-19-34(25)45-31-17-12-28(13-18-31)38-36(44)39-40(2)3)37-35(43)26-10-15-30(16-11-26)42-24-27(23-41-20-6-7-21-41)32-8-4-5-9-33(32)42/h4-5,8-19,21,24,27,45H,6-7,20,22-23,25H2,1-3H3,(H,39,46)(H2,40,41,47);4-5,8-19,22,24H,6-7,20-21,23H2,1-3H3,(H,37,43)(H2,38,39,44). The topological polar surface area (TPSA) is 202 Å². The summed E-state index contributed by atoms with van der Waals surface area (Å²) in [4.78, 5) is 55.1. The van der Waals surface area contributed by atoms with Crippen LogP contribution in [0.4, 0.5) is 32.3 Å². The number of fused-ring (bicyclic) bond motifs is 2. The smallest absolute Gasteiger partial charge is 0.333 e. The van der Waals surface area contributed by atoms with Gasteiger partial charge in [-0.1, -0.05) is 36.4 Å². The van der Waals surface area contributed by atoms with E-state index < -0.39 is 0 Å². The SMILES string of the molecule is Cc1cc(NC(=O)c2ccc(-n3cc(CN4CCCC(CO)C4)c4ccccc43)cc2)ccc1Oc1ccc(NC(=O)NN(C)C)cc1.Cc1cc(NC(=O)c2ccc(-n3cc(CN4CCCC4)c4ccccc43)cc2)ccc1Oc1ccc(NC(=O)NN(C)C)cc1. The number of rotatable bonds is 19. The number of nitrogens with zero attached hydrogens (tertiary/aromatic N) is 6. The number of carbonyl (C=O) groups excluding carboxylic acids is 4. The molecule has 0 saturated carbocycles. The van der Waals surface area contributed by atoms with E-state index in [0.29, 0.717) is 62.8 Å². The van der Waals surface area contributed by atoms with E-state index in [9.17, 15) is 24.3 Å². The number of ether oxygens (including phenoxy) is 2. The van der Waals surface area contributed by atoms with Gasteiger partial charge < -0.3 is 45.0 Å². The molecule has 8 aromatic carbocycles. The number of carbonyl (C=O) groups is 4. The van der Waals surface area contributed by atoms with Crippen molar-refractivity contribution in [3.05, 3.63) is 228 Å². The first-order valence-electron chi connectivity index (χ1n) is 31.4. The Kier molecular flexibility index (Phi) is 20.6. The minimum absolute atomic E-state index is 0.178. The number of hydrazine groups is 2. The summed E-state index contributed by atoms with van der Waals surface area (Å²) >= 11 is 0. The van der Waals surface area contributed by atoms with E-state index in [-0.39, 0.29) is 30.5 Å². The van der Waals surface area contributed by atoms with Crippen LogP contribution in [0.25, 0.3) is 33.2 Å². The third-order valence-electron chi connectivity index (χ3n) is 16.4. The summed E-state index contributed by atoms with van der Waals surface area (Å²) in [5.41, 5.74) is 17.7. The van der Waals surface area contributed by atoms with Gasteiger partial charge in [-0.3, -0.25) is 30.2 Å².